The summed E-state index contributed by atoms with van der Waals surface area (Å²) in [6, 6.07) is 0. The van der Waals surface area contributed by atoms with Crippen LogP contribution in [0.15, 0.2) is 0 Å². The SMILES string of the molecule is CC(O)[C-]=O.CCC1(C(=O)OCC2CCC3OC3C2)C[C-]2CCCC(C2)C1.[U+2]. The molecule has 0 aromatic carbocycles. The van der Waals surface area contributed by atoms with Crippen LogP contribution in [-0.4, -0.2) is 42.3 Å². The molecular weight excluding hydrogens is 582 g/mol. The van der Waals surface area contributed by atoms with Crippen molar-refractivity contribution < 1.29 is 55.3 Å². The van der Waals surface area contributed by atoms with E-state index in [1.165, 1.54) is 38.9 Å². The number of hydrogen-bond acceptors (Lipinski definition) is 5. The van der Waals surface area contributed by atoms with Crippen molar-refractivity contribution in [2.45, 2.75) is 96.4 Å². The predicted molar refractivity (Wildman–Crippen MR) is 101 cm³/mol. The van der Waals surface area contributed by atoms with Crippen molar-refractivity contribution in [2.75, 3.05) is 6.61 Å². The molecule has 1 saturated heterocycles. The summed E-state index contributed by atoms with van der Waals surface area (Å²) in [6.07, 6.45) is 13.0. The fraction of sp³-hybridized carbons (Fsp3) is 0.864. The molecule has 156 valence electrons. The zero-order valence-electron chi connectivity index (χ0n) is 17.2. The van der Waals surface area contributed by atoms with E-state index in [9.17, 15) is 4.79 Å². The molecule has 5 nitrogen and oxygen atoms in total. The Morgan fingerprint density at radius 1 is 1.36 bits per heavy atom. The molecule has 0 aromatic rings. The van der Waals surface area contributed by atoms with Crippen LogP contribution in [0.25, 0.3) is 0 Å². The summed E-state index contributed by atoms with van der Waals surface area (Å²) in [5, 5.41) is 7.94. The number of rotatable bonds is 5. The van der Waals surface area contributed by atoms with Crippen molar-refractivity contribution in [3.63, 3.8) is 0 Å². The van der Waals surface area contributed by atoms with Gasteiger partial charge in [0.15, 0.2) is 0 Å². The fourth-order valence-electron chi connectivity index (χ4n) is 5.25. The smallest absolute Gasteiger partial charge is 0.539 e. The van der Waals surface area contributed by atoms with Gasteiger partial charge in [0, 0.05) is 5.41 Å². The second-order valence-electron chi connectivity index (χ2n) is 9.01. The van der Waals surface area contributed by atoms with Gasteiger partial charge in [-0.05, 0) is 44.1 Å². The monoisotopic (exact) mass is 616 g/mol. The first-order valence-corrected chi connectivity index (χ1v) is 10.7. The number of aliphatic hydroxyl groups is 1. The van der Waals surface area contributed by atoms with E-state index in [-0.39, 0.29) is 42.5 Å². The summed E-state index contributed by atoms with van der Waals surface area (Å²) in [4.78, 5) is 22.0. The Labute approximate surface area is 193 Å². The van der Waals surface area contributed by atoms with Gasteiger partial charge in [-0.1, -0.05) is 32.6 Å². The van der Waals surface area contributed by atoms with Gasteiger partial charge in [0.05, 0.1) is 18.8 Å². The second kappa shape index (κ2) is 10.9. The van der Waals surface area contributed by atoms with Crippen molar-refractivity contribution in [1.82, 2.24) is 0 Å². The number of epoxide rings is 1. The molecule has 6 atom stereocenters. The topological polar surface area (TPSA) is 76.1 Å². The number of ether oxygens (including phenoxy) is 2. The normalized spacial score (nSPS) is 37.2. The molecular formula is C22H34O5U. The van der Waals surface area contributed by atoms with E-state index in [1.807, 2.05) is 0 Å². The molecule has 6 heteroatoms. The minimum absolute atomic E-state index is 0. The summed E-state index contributed by atoms with van der Waals surface area (Å²) in [5.41, 5.74) is -0.202. The average Bonchev–Trinajstić information content (AvgIpc) is 3.44. The fourth-order valence-corrected chi connectivity index (χ4v) is 5.25. The molecule has 0 radical (unpaired) electrons. The maximum Gasteiger partial charge on any atom is 2.00 e. The van der Waals surface area contributed by atoms with E-state index in [1.54, 1.807) is 5.92 Å². The zero-order chi connectivity index (χ0) is 19.4. The summed E-state index contributed by atoms with van der Waals surface area (Å²) in [7, 11) is 0. The maximum atomic E-state index is 12.9. The van der Waals surface area contributed by atoms with Crippen molar-refractivity contribution in [1.29, 1.82) is 0 Å². The van der Waals surface area contributed by atoms with Crippen molar-refractivity contribution in [2.24, 2.45) is 17.3 Å². The Balaban J connectivity index is 0.000000420. The Morgan fingerprint density at radius 3 is 2.71 bits per heavy atom. The van der Waals surface area contributed by atoms with Gasteiger partial charge < -0.3 is 25.3 Å². The van der Waals surface area contributed by atoms with E-state index in [4.69, 9.17) is 19.4 Å². The Bertz CT molecular complexity index is 511. The summed E-state index contributed by atoms with van der Waals surface area (Å²) < 4.78 is 11.4. The molecule has 0 amide bonds. The van der Waals surface area contributed by atoms with Crippen molar-refractivity contribution in [3.8, 4) is 0 Å². The molecule has 0 aromatic heterocycles. The van der Waals surface area contributed by atoms with Gasteiger partial charge in [-0.2, -0.15) is 19.3 Å². The Kier molecular flexibility index (Phi) is 9.52. The van der Waals surface area contributed by atoms with Crippen molar-refractivity contribution in [3.05, 3.63) is 5.92 Å². The number of carbonyl (C=O) groups excluding carboxylic acids is 2. The molecule has 1 heterocycles. The minimum Gasteiger partial charge on any atom is -0.539 e. The van der Waals surface area contributed by atoms with Crippen LogP contribution in [0.5, 0.6) is 0 Å². The standard InChI is InChI=1S/C19H29O3.C3H5O2.U/c1-2-19(10-13-4-3-5-14(8-13)11-19)18(20)21-12-15-6-7-16-17(9-15)22-16;1-3(5)2-4;/h13,15-17H,2-12H2,1H3;3,5H,1H3;/q2*-1;+2. The van der Waals surface area contributed by atoms with Gasteiger partial charge in [0.1, 0.15) is 0 Å². The van der Waals surface area contributed by atoms with Crippen LogP contribution in [0.1, 0.15) is 78.1 Å². The van der Waals surface area contributed by atoms with Crippen LogP contribution < -0.4 is 0 Å². The van der Waals surface area contributed by atoms with Gasteiger partial charge in [-0.3, -0.25) is 4.79 Å². The minimum atomic E-state index is -0.921. The largest absolute Gasteiger partial charge is 2.00 e. The van der Waals surface area contributed by atoms with Gasteiger partial charge >= 0.3 is 37.1 Å². The van der Waals surface area contributed by atoms with Gasteiger partial charge in [-0.15, -0.1) is 0 Å². The molecule has 4 rings (SSSR count). The van der Waals surface area contributed by atoms with Crippen LogP contribution >= 0.6 is 0 Å². The van der Waals surface area contributed by atoms with E-state index < -0.39 is 6.10 Å². The summed E-state index contributed by atoms with van der Waals surface area (Å²) in [5.74, 6) is 2.99. The van der Waals surface area contributed by atoms with E-state index in [2.05, 4.69) is 6.92 Å². The zero-order valence-corrected chi connectivity index (χ0v) is 21.4. The van der Waals surface area contributed by atoms with E-state index in [0.29, 0.717) is 24.7 Å². The third-order valence-electron chi connectivity index (χ3n) is 6.83. The van der Waals surface area contributed by atoms with Crippen LogP contribution in [-0.2, 0) is 19.1 Å². The molecule has 4 aliphatic rings. The first-order chi connectivity index (χ1) is 13.0. The van der Waals surface area contributed by atoms with E-state index >= 15 is 0 Å². The molecule has 6 unspecified atom stereocenters. The van der Waals surface area contributed by atoms with Crippen LogP contribution in [0.3, 0.4) is 0 Å². The van der Waals surface area contributed by atoms with Crippen LogP contribution in [0.4, 0.5) is 0 Å². The van der Waals surface area contributed by atoms with E-state index in [0.717, 1.165) is 44.4 Å². The Hall–Kier alpha value is 0.112. The predicted octanol–water partition coefficient (Wildman–Crippen LogP) is 3.53. The summed E-state index contributed by atoms with van der Waals surface area (Å²) >= 11 is 0. The Morgan fingerprint density at radius 2 is 2.11 bits per heavy atom. The second-order valence-corrected chi connectivity index (χ2v) is 9.01. The number of carbonyl (C=O) groups is 1. The third-order valence-corrected chi connectivity index (χ3v) is 6.83. The quantitative estimate of drug-likeness (QED) is 0.291. The average molecular weight is 617 g/mol. The maximum absolute atomic E-state index is 12.9. The summed E-state index contributed by atoms with van der Waals surface area (Å²) in [6.45, 7) is 4.15. The van der Waals surface area contributed by atoms with Crippen LogP contribution in [0.2, 0.25) is 0 Å². The molecule has 3 aliphatic carbocycles. The first kappa shape index (κ1) is 24.4. The molecule has 0 spiro atoms. The number of esters is 1. The number of aliphatic hydroxyl groups excluding tert-OH is 1. The van der Waals surface area contributed by atoms with Gasteiger partial charge in [0.25, 0.3) is 0 Å². The number of hydrogen-bond donors (Lipinski definition) is 1. The molecule has 3 saturated carbocycles. The van der Waals surface area contributed by atoms with Gasteiger partial charge in [-0.25, -0.2) is 6.29 Å². The molecule has 1 aliphatic heterocycles. The third kappa shape index (κ3) is 6.30. The molecule has 4 fully saturated rings. The number of fused-ring (bicyclic) bond motifs is 3. The first-order valence-electron chi connectivity index (χ1n) is 10.7. The van der Waals surface area contributed by atoms with Gasteiger partial charge in [0.2, 0.25) is 0 Å². The molecule has 1 N–H and O–H groups in total. The van der Waals surface area contributed by atoms with Crippen molar-refractivity contribution >= 4 is 12.3 Å². The molecule has 28 heavy (non-hydrogen) atoms. The molecule has 2 bridgehead atoms. The van der Waals surface area contributed by atoms with Crippen LogP contribution in [0, 0.1) is 54.3 Å².